The molecule has 3 rings (SSSR count). The maximum Gasteiger partial charge on any atom is 0.194 e. The third-order valence-electron chi connectivity index (χ3n) is 3.38. The molecule has 0 atom stereocenters. The van der Waals surface area contributed by atoms with Crippen molar-refractivity contribution in [2.75, 3.05) is 5.32 Å². The van der Waals surface area contributed by atoms with Crippen LogP contribution in [0, 0.1) is 0 Å². The zero-order valence-corrected chi connectivity index (χ0v) is 12.1. The van der Waals surface area contributed by atoms with E-state index >= 15 is 0 Å². The number of aromatic nitrogens is 1. The van der Waals surface area contributed by atoms with E-state index in [9.17, 15) is 4.79 Å². The summed E-state index contributed by atoms with van der Waals surface area (Å²) in [7, 11) is 0. The first-order valence-electron chi connectivity index (χ1n) is 7.16. The van der Waals surface area contributed by atoms with Crippen LogP contribution >= 0.6 is 0 Å². The Kier molecular flexibility index (Phi) is 4.25. The van der Waals surface area contributed by atoms with Gasteiger partial charge in [-0.15, -0.1) is 0 Å². The highest BCUT2D eigenvalue weighted by Crippen LogP contribution is 2.12. The van der Waals surface area contributed by atoms with Crippen LogP contribution in [-0.4, -0.2) is 10.8 Å². The summed E-state index contributed by atoms with van der Waals surface area (Å²) in [5.74, 6) is 0.746. The van der Waals surface area contributed by atoms with Crippen LogP contribution in [0.2, 0.25) is 0 Å². The average Bonchev–Trinajstić information content (AvgIpc) is 2.61. The van der Waals surface area contributed by atoms with Gasteiger partial charge < -0.3 is 5.32 Å². The van der Waals surface area contributed by atoms with Crippen LogP contribution < -0.4 is 5.32 Å². The molecule has 0 aliphatic carbocycles. The second-order valence-corrected chi connectivity index (χ2v) is 4.97. The molecule has 3 nitrogen and oxygen atoms in total. The van der Waals surface area contributed by atoms with Crippen LogP contribution in [-0.2, 0) is 6.54 Å². The van der Waals surface area contributed by atoms with Gasteiger partial charge in [0, 0.05) is 23.9 Å². The predicted molar refractivity (Wildman–Crippen MR) is 87.9 cm³/mol. The predicted octanol–water partition coefficient (Wildman–Crippen LogP) is 3.92. The molecule has 0 saturated heterocycles. The van der Waals surface area contributed by atoms with Gasteiger partial charge in [-0.1, -0.05) is 60.7 Å². The molecule has 3 heteroatoms. The summed E-state index contributed by atoms with van der Waals surface area (Å²) < 4.78 is 0. The van der Waals surface area contributed by atoms with Crippen molar-refractivity contribution < 1.29 is 4.79 Å². The molecule has 0 fully saturated rings. The van der Waals surface area contributed by atoms with Gasteiger partial charge in [-0.3, -0.25) is 4.79 Å². The van der Waals surface area contributed by atoms with Crippen molar-refractivity contribution in [3.05, 3.63) is 95.7 Å². The van der Waals surface area contributed by atoms with E-state index in [1.54, 1.807) is 12.3 Å². The molecule has 108 valence electrons. The number of benzene rings is 2. The Hall–Kier alpha value is -2.94. The number of ketones is 1. The molecule has 0 amide bonds. The summed E-state index contributed by atoms with van der Waals surface area (Å²) in [6, 6.07) is 23.0. The van der Waals surface area contributed by atoms with E-state index in [1.807, 2.05) is 54.6 Å². The summed E-state index contributed by atoms with van der Waals surface area (Å²) in [6.45, 7) is 0.708. The fourth-order valence-electron chi connectivity index (χ4n) is 2.18. The van der Waals surface area contributed by atoms with Crippen LogP contribution in [0.3, 0.4) is 0 Å². The molecule has 0 saturated carbocycles. The SMILES string of the molecule is O=C(c1ccccc1)c1ccc(NCc2ccccc2)nc1. The second kappa shape index (κ2) is 6.68. The minimum Gasteiger partial charge on any atom is -0.366 e. The van der Waals surface area contributed by atoms with Gasteiger partial charge in [0.15, 0.2) is 5.78 Å². The number of nitrogens with zero attached hydrogens (tertiary/aromatic N) is 1. The fraction of sp³-hybridized carbons (Fsp3) is 0.0526. The largest absolute Gasteiger partial charge is 0.366 e. The number of hydrogen-bond donors (Lipinski definition) is 1. The highest BCUT2D eigenvalue weighted by atomic mass is 16.1. The molecule has 0 unspecified atom stereocenters. The monoisotopic (exact) mass is 288 g/mol. The number of carbonyl (C=O) groups excluding carboxylic acids is 1. The van der Waals surface area contributed by atoms with Gasteiger partial charge in [0.05, 0.1) is 0 Å². The van der Waals surface area contributed by atoms with E-state index < -0.39 is 0 Å². The number of anilines is 1. The molecule has 1 N–H and O–H groups in total. The first-order chi connectivity index (χ1) is 10.8. The lowest BCUT2D eigenvalue weighted by Crippen LogP contribution is -2.04. The van der Waals surface area contributed by atoms with Crippen LogP contribution in [0.4, 0.5) is 5.82 Å². The number of nitrogens with one attached hydrogen (secondary N) is 1. The van der Waals surface area contributed by atoms with E-state index in [2.05, 4.69) is 22.4 Å². The molecule has 0 aliphatic rings. The zero-order valence-electron chi connectivity index (χ0n) is 12.1. The summed E-state index contributed by atoms with van der Waals surface area (Å²) in [5.41, 5.74) is 2.46. The first kappa shape index (κ1) is 14.0. The molecule has 0 bridgehead atoms. The van der Waals surface area contributed by atoms with E-state index in [0.717, 1.165) is 5.82 Å². The van der Waals surface area contributed by atoms with E-state index in [1.165, 1.54) is 5.56 Å². The van der Waals surface area contributed by atoms with Gasteiger partial charge in [0.25, 0.3) is 0 Å². The molecule has 22 heavy (non-hydrogen) atoms. The topological polar surface area (TPSA) is 42.0 Å². The quantitative estimate of drug-likeness (QED) is 0.723. The normalized spacial score (nSPS) is 10.2. The minimum atomic E-state index is -0.0114. The summed E-state index contributed by atoms with van der Waals surface area (Å²) in [5, 5.41) is 3.24. The average molecular weight is 288 g/mol. The molecule has 0 spiro atoms. The Labute approximate surface area is 129 Å². The standard InChI is InChI=1S/C19H16N2O/c22-19(16-9-5-2-6-10-16)17-11-12-18(21-14-17)20-13-15-7-3-1-4-8-15/h1-12,14H,13H2,(H,20,21). The second-order valence-electron chi connectivity index (χ2n) is 4.97. The van der Waals surface area contributed by atoms with E-state index in [0.29, 0.717) is 17.7 Å². The van der Waals surface area contributed by atoms with Gasteiger partial charge in [-0.2, -0.15) is 0 Å². The lowest BCUT2D eigenvalue weighted by Gasteiger charge is -2.06. The van der Waals surface area contributed by atoms with E-state index in [-0.39, 0.29) is 5.78 Å². The molecular weight excluding hydrogens is 272 g/mol. The first-order valence-corrected chi connectivity index (χ1v) is 7.16. The minimum absolute atomic E-state index is 0.0114. The van der Waals surface area contributed by atoms with Crippen molar-refractivity contribution in [3.8, 4) is 0 Å². The number of carbonyl (C=O) groups is 1. The van der Waals surface area contributed by atoms with Crippen molar-refractivity contribution in [2.24, 2.45) is 0 Å². The van der Waals surface area contributed by atoms with Crippen molar-refractivity contribution in [1.82, 2.24) is 4.98 Å². The lowest BCUT2D eigenvalue weighted by atomic mass is 10.1. The van der Waals surface area contributed by atoms with Crippen molar-refractivity contribution in [1.29, 1.82) is 0 Å². The van der Waals surface area contributed by atoms with Crippen molar-refractivity contribution in [3.63, 3.8) is 0 Å². The van der Waals surface area contributed by atoms with Crippen molar-refractivity contribution >= 4 is 11.6 Å². The third kappa shape index (κ3) is 3.38. The van der Waals surface area contributed by atoms with Crippen LogP contribution in [0.25, 0.3) is 0 Å². The Bertz CT molecular complexity index is 737. The van der Waals surface area contributed by atoms with Gasteiger partial charge in [-0.25, -0.2) is 4.98 Å². The number of rotatable bonds is 5. The maximum absolute atomic E-state index is 12.3. The Balaban J connectivity index is 1.67. The Morgan fingerprint density at radius 2 is 1.50 bits per heavy atom. The smallest absolute Gasteiger partial charge is 0.194 e. The maximum atomic E-state index is 12.3. The Morgan fingerprint density at radius 3 is 2.14 bits per heavy atom. The highest BCUT2D eigenvalue weighted by Gasteiger charge is 2.08. The Morgan fingerprint density at radius 1 is 0.818 bits per heavy atom. The van der Waals surface area contributed by atoms with Crippen molar-refractivity contribution in [2.45, 2.75) is 6.54 Å². The molecule has 1 aromatic heterocycles. The molecule has 1 heterocycles. The van der Waals surface area contributed by atoms with Gasteiger partial charge in [0.2, 0.25) is 0 Å². The molecule has 3 aromatic rings. The fourth-order valence-corrected chi connectivity index (χ4v) is 2.18. The van der Waals surface area contributed by atoms with Crippen LogP contribution in [0.1, 0.15) is 21.5 Å². The summed E-state index contributed by atoms with van der Waals surface area (Å²) in [4.78, 5) is 16.6. The molecule has 0 aliphatic heterocycles. The third-order valence-corrected chi connectivity index (χ3v) is 3.38. The van der Waals surface area contributed by atoms with Crippen LogP contribution in [0.5, 0.6) is 0 Å². The highest BCUT2D eigenvalue weighted by molar-refractivity contribution is 6.08. The molecular formula is C19H16N2O. The number of pyridine rings is 1. The summed E-state index contributed by atoms with van der Waals surface area (Å²) in [6.07, 6.45) is 1.61. The van der Waals surface area contributed by atoms with Gasteiger partial charge in [-0.05, 0) is 17.7 Å². The zero-order chi connectivity index (χ0) is 15.2. The van der Waals surface area contributed by atoms with E-state index in [4.69, 9.17) is 0 Å². The molecule has 2 aromatic carbocycles. The lowest BCUT2D eigenvalue weighted by molar-refractivity contribution is 0.103. The number of hydrogen-bond acceptors (Lipinski definition) is 3. The van der Waals surface area contributed by atoms with Crippen LogP contribution in [0.15, 0.2) is 79.0 Å². The van der Waals surface area contributed by atoms with Gasteiger partial charge in [0.1, 0.15) is 5.82 Å². The molecule has 0 radical (unpaired) electrons. The summed E-state index contributed by atoms with van der Waals surface area (Å²) >= 11 is 0. The van der Waals surface area contributed by atoms with Gasteiger partial charge >= 0.3 is 0 Å².